The fraction of sp³-hybridized carbons (Fsp3) is 0.476. The van der Waals surface area contributed by atoms with E-state index in [4.69, 9.17) is 28.2 Å². The summed E-state index contributed by atoms with van der Waals surface area (Å²) in [4.78, 5) is 7.08. The predicted octanol–water partition coefficient (Wildman–Crippen LogP) is 4.08. The molecule has 0 saturated carbocycles. The molecule has 0 spiro atoms. The van der Waals surface area contributed by atoms with E-state index in [9.17, 15) is 0 Å². The zero-order valence-electron chi connectivity index (χ0n) is 16.7. The Morgan fingerprint density at radius 1 is 1.21 bits per heavy atom. The first-order valence-corrected chi connectivity index (χ1v) is 10.6. The van der Waals surface area contributed by atoms with Crippen LogP contribution in [0, 0.1) is 6.92 Å². The van der Waals surface area contributed by atoms with Crippen molar-refractivity contribution in [1.82, 2.24) is 14.7 Å². The van der Waals surface area contributed by atoms with Crippen LogP contribution in [0.3, 0.4) is 0 Å². The van der Waals surface area contributed by atoms with Gasteiger partial charge < -0.3 is 24.4 Å². The predicted molar refractivity (Wildman–Crippen MR) is 120 cm³/mol. The minimum absolute atomic E-state index is 0.654. The molecular weight excluding hydrogens is 392 g/mol. The summed E-state index contributed by atoms with van der Waals surface area (Å²) < 4.78 is 5.55. The van der Waals surface area contributed by atoms with Crippen molar-refractivity contribution in [3.05, 3.63) is 52.9 Å². The molecule has 0 amide bonds. The number of furan rings is 1. The molecule has 1 saturated heterocycles. The van der Waals surface area contributed by atoms with Crippen LogP contribution in [-0.4, -0.2) is 66.1 Å². The van der Waals surface area contributed by atoms with Crippen molar-refractivity contribution in [3.63, 3.8) is 0 Å². The van der Waals surface area contributed by atoms with Gasteiger partial charge >= 0.3 is 0 Å². The summed E-state index contributed by atoms with van der Waals surface area (Å²) in [7, 11) is 2.18. The summed E-state index contributed by atoms with van der Waals surface area (Å²) in [6.45, 7) is 9.17. The number of halogens is 1. The topological polar surface area (TPSA) is 34.9 Å². The van der Waals surface area contributed by atoms with Gasteiger partial charge in [-0.25, -0.2) is 0 Å². The number of hydrogen-bond donors (Lipinski definition) is 1. The number of rotatable bonds is 7. The molecule has 0 radical (unpaired) electrons. The van der Waals surface area contributed by atoms with Crippen LogP contribution in [0.4, 0.5) is 5.69 Å². The van der Waals surface area contributed by atoms with Crippen molar-refractivity contribution in [2.45, 2.75) is 19.9 Å². The third kappa shape index (κ3) is 5.95. The van der Waals surface area contributed by atoms with Crippen LogP contribution in [-0.2, 0) is 6.54 Å². The Balaban J connectivity index is 1.59. The normalized spacial score (nSPS) is 15.5. The lowest BCUT2D eigenvalue weighted by Crippen LogP contribution is -2.45. The average molecular weight is 421 g/mol. The number of nitrogens with zero attached hydrogens (tertiary/aromatic N) is 3. The van der Waals surface area contributed by atoms with Crippen LogP contribution >= 0.6 is 23.8 Å². The molecule has 7 heteroatoms. The summed E-state index contributed by atoms with van der Waals surface area (Å²) in [5, 5.41) is 4.80. The monoisotopic (exact) mass is 420 g/mol. The van der Waals surface area contributed by atoms with Crippen molar-refractivity contribution in [1.29, 1.82) is 0 Å². The molecule has 2 aromatic rings. The fourth-order valence-corrected chi connectivity index (χ4v) is 3.78. The van der Waals surface area contributed by atoms with Gasteiger partial charge in [0.05, 0.1) is 12.8 Å². The minimum atomic E-state index is 0.654. The summed E-state index contributed by atoms with van der Waals surface area (Å²) in [6.07, 6.45) is 2.76. The number of anilines is 1. The molecule has 1 aromatic carbocycles. The van der Waals surface area contributed by atoms with Gasteiger partial charge in [0, 0.05) is 43.4 Å². The minimum Gasteiger partial charge on any atom is -0.467 e. The van der Waals surface area contributed by atoms with Gasteiger partial charge in [0.2, 0.25) is 0 Å². The number of benzene rings is 1. The van der Waals surface area contributed by atoms with Crippen LogP contribution in [0.2, 0.25) is 5.02 Å². The summed E-state index contributed by atoms with van der Waals surface area (Å²) >= 11 is 12.0. The first-order valence-electron chi connectivity index (χ1n) is 9.77. The van der Waals surface area contributed by atoms with Crippen LogP contribution in [0.1, 0.15) is 17.7 Å². The second kappa shape index (κ2) is 10.3. The third-order valence-electron chi connectivity index (χ3n) is 5.22. The van der Waals surface area contributed by atoms with E-state index in [1.165, 1.54) is 0 Å². The molecule has 0 bridgehead atoms. The summed E-state index contributed by atoms with van der Waals surface area (Å²) in [6, 6.07) is 9.73. The highest BCUT2D eigenvalue weighted by molar-refractivity contribution is 7.80. The molecular formula is C21H29ClN4OS. The highest BCUT2D eigenvalue weighted by Crippen LogP contribution is 2.23. The molecule has 5 nitrogen and oxygen atoms in total. The Kier molecular flexibility index (Phi) is 7.73. The second-order valence-electron chi connectivity index (χ2n) is 7.34. The lowest BCUT2D eigenvalue weighted by molar-refractivity contribution is 0.149. The van der Waals surface area contributed by atoms with Gasteiger partial charge in [-0.05, 0) is 69.0 Å². The molecule has 0 aliphatic carbocycles. The lowest BCUT2D eigenvalue weighted by Gasteiger charge is -2.33. The van der Waals surface area contributed by atoms with Crippen LogP contribution in [0.25, 0.3) is 0 Å². The van der Waals surface area contributed by atoms with E-state index in [0.29, 0.717) is 11.7 Å². The van der Waals surface area contributed by atoms with Crippen molar-refractivity contribution >= 4 is 34.6 Å². The second-order valence-corrected chi connectivity index (χ2v) is 8.14. The standard InChI is InChI=1S/C21H29ClN4OS/c1-17-19(22)7-3-8-20(17)23-21(28)26(16-18-6-4-15-27-18)10-5-9-25-13-11-24(2)12-14-25/h3-4,6-8,15H,5,9-14,16H2,1-2H3,(H,23,28). The van der Waals surface area contributed by atoms with E-state index < -0.39 is 0 Å². The SMILES string of the molecule is Cc1c(Cl)cccc1NC(=S)N(CCCN1CCN(C)CC1)Cc1ccco1. The van der Waals surface area contributed by atoms with E-state index in [2.05, 4.69) is 27.1 Å². The van der Waals surface area contributed by atoms with Crippen molar-refractivity contribution in [2.24, 2.45) is 0 Å². The van der Waals surface area contributed by atoms with Gasteiger partial charge in [-0.15, -0.1) is 0 Å². The highest BCUT2D eigenvalue weighted by atomic mass is 35.5. The van der Waals surface area contributed by atoms with Crippen molar-refractivity contribution in [2.75, 3.05) is 51.6 Å². The van der Waals surface area contributed by atoms with Gasteiger partial charge in [-0.3, -0.25) is 0 Å². The van der Waals surface area contributed by atoms with E-state index in [1.807, 2.05) is 37.3 Å². The third-order valence-corrected chi connectivity index (χ3v) is 5.99. The number of piperazine rings is 1. The number of nitrogens with one attached hydrogen (secondary N) is 1. The Morgan fingerprint density at radius 3 is 2.71 bits per heavy atom. The Morgan fingerprint density at radius 2 is 2.00 bits per heavy atom. The van der Waals surface area contributed by atoms with Gasteiger partial charge in [0.15, 0.2) is 5.11 Å². The molecule has 28 heavy (non-hydrogen) atoms. The number of likely N-dealkylation sites (N-methyl/N-ethyl adjacent to an activating group) is 1. The van der Waals surface area contributed by atoms with E-state index in [-0.39, 0.29) is 0 Å². The smallest absolute Gasteiger partial charge is 0.173 e. The van der Waals surface area contributed by atoms with Crippen LogP contribution in [0.5, 0.6) is 0 Å². The van der Waals surface area contributed by atoms with Gasteiger partial charge in [0.1, 0.15) is 5.76 Å². The molecule has 1 fully saturated rings. The van der Waals surface area contributed by atoms with Crippen molar-refractivity contribution in [3.8, 4) is 0 Å². The molecule has 0 atom stereocenters. The largest absolute Gasteiger partial charge is 0.467 e. The Bertz CT molecular complexity index is 760. The maximum Gasteiger partial charge on any atom is 0.173 e. The summed E-state index contributed by atoms with van der Waals surface area (Å²) in [5.41, 5.74) is 1.95. The molecule has 152 valence electrons. The maximum absolute atomic E-state index is 6.25. The molecule has 1 aliphatic rings. The average Bonchev–Trinajstić information content (AvgIpc) is 3.19. The highest BCUT2D eigenvalue weighted by Gasteiger charge is 2.16. The van der Waals surface area contributed by atoms with E-state index in [1.54, 1.807) is 6.26 Å². The van der Waals surface area contributed by atoms with Gasteiger partial charge in [-0.1, -0.05) is 17.7 Å². The van der Waals surface area contributed by atoms with Gasteiger partial charge in [-0.2, -0.15) is 0 Å². The van der Waals surface area contributed by atoms with Crippen LogP contribution < -0.4 is 5.32 Å². The Hall–Kier alpha value is -1.60. The molecule has 1 aliphatic heterocycles. The zero-order valence-corrected chi connectivity index (χ0v) is 18.2. The quantitative estimate of drug-likeness (QED) is 0.680. The van der Waals surface area contributed by atoms with Gasteiger partial charge in [0.25, 0.3) is 0 Å². The molecule has 1 N–H and O–H groups in total. The molecule has 3 rings (SSSR count). The first kappa shape index (κ1) is 21.1. The number of hydrogen-bond acceptors (Lipinski definition) is 4. The molecule has 0 unspecified atom stereocenters. The molecule has 2 heterocycles. The maximum atomic E-state index is 6.25. The van der Waals surface area contributed by atoms with E-state index >= 15 is 0 Å². The first-order chi connectivity index (χ1) is 13.5. The molecule has 1 aromatic heterocycles. The van der Waals surface area contributed by atoms with E-state index in [0.717, 1.165) is 67.7 Å². The summed E-state index contributed by atoms with van der Waals surface area (Å²) in [5.74, 6) is 0.909. The zero-order chi connectivity index (χ0) is 19.9. The van der Waals surface area contributed by atoms with Crippen LogP contribution in [0.15, 0.2) is 41.0 Å². The van der Waals surface area contributed by atoms with Crippen molar-refractivity contribution < 1.29 is 4.42 Å². The fourth-order valence-electron chi connectivity index (χ4n) is 3.34. The lowest BCUT2D eigenvalue weighted by atomic mass is 10.2. The Labute approximate surface area is 178 Å². The number of thiocarbonyl (C=S) groups is 1.